The molecule has 0 aliphatic rings. The fourth-order valence-corrected chi connectivity index (χ4v) is 1.84. The quantitative estimate of drug-likeness (QED) is 0.918. The normalized spacial score (nSPS) is 14.4. The van der Waals surface area contributed by atoms with E-state index in [2.05, 4.69) is 10.1 Å². The molecule has 1 aromatic heterocycles. The molecule has 1 unspecified atom stereocenters. The summed E-state index contributed by atoms with van der Waals surface area (Å²) in [6.07, 6.45) is 0.0388. The lowest BCUT2D eigenvalue weighted by Crippen LogP contribution is -2.40. The van der Waals surface area contributed by atoms with Gasteiger partial charge in [0.2, 0.25) is 0 Å². The largest absolute Gasteiger partial charge is 0.376 e. The Morgan fingerprint density at radius 1 is 1.48 bits per heavy atom. The van der Waals surface area contributed by atoms with Gasteiger partial charge in [0.05, 0.1) is 23.3 Å². The van der Waals surface area contributed by atoms with E-state index in [1.165, 1.54) is 12.1 Å². The third kappa shape index (κ3) is 3.58. The lowest BCUT2D eigenvalue weighted by atomic mass is 10.1. The first-order valence-corrected chi connectivity index (χ1v) is 6.88. The van der Waals surface area contributed by atoms with Gasteiger partial charge in [-0.1, -0.05) is 22.8 Å². The van der Waals surface area contributed by atoms with Crippen molar-refractivity contribution in [3.05, 3.63) is 34.9 Å². The van der Waals surface area contributed by atoms with Crippen molar-refractivity contribution in [1.29, 1.82) is 0 Å². The van der Waals surface area contributed by atoms with Crippen LogP contribution in [0.3, 0.4) is 0 Å². The zero-order valence-electron chi connectivity index (χ0n) is 12.1. The number of nitrogens with zero attached hydrogens (tertiary/aromatic N) is 2. The van der Waals surface area contributed by atoms with Crippen LogP contribution in [0.1, 0.15) is 26.6 Å². The van der Waals surface area contributed by atoms with Crippen molar-refractivity contribution < 1.29 is 13.7 Å². The SMILES string of the molecule is CC(C)OCC(C)(N)c1noc(-c2cccc(F)c2Cl)n1. The molecule has 0 spiro atoms. The van der Waals surface area contributed by atoms with Crippen molar-refractivity contribution in [3.8, 4) is 11.5 Å². The summed E-state index contributed by atoms with van der Waals surface area (Å²) in [4.78, 5) is 4.20. The number of hydrogen-bond acceptors (Lipinski definition) is 5. The molecule has 2 aromatic rings. The van der Waals surface area contributed by atoms with Crippen molar-refractivity contribution >= 4 is 11.6 Å². The topological polar surface area (TPSA) is 74.2 Å². The molecule has 0 aliphatic heterocycles. The minimum Gasteiger partial charge on any atom is -0.376 e. The van der Waals surface area contributed by atoms with Crippen LogP contribution in [0.15, 0.2) is 22.7 Å². The Labute approximate surface area is 127 Å². The van der Waals surface area contributed by atoms with Gasteiger partial charge in [0, 0.05) is 0 Å². The van der Waals surface area contributed by atoms with Gasteiger partial charge < -0.3 is 15.0 Å². The number of ether oxygens (including phenoxy) is 1. The molecule has 21 heavy (non-hydrogen) atoms. The van der Waals surface area contributed by atoms with Gasteiger partial charge in [0.1, 0.15) is 11.4 Å². The Morgan fingerprint density at radius 2 is 2.19 bits per heavy atom. The molecule has 0 fully saturated rings. The van der Waals surface area contributed by atoms with Gasteiger partial charge in [0.15, 0.2) is 5.82 Å². The molecule has 1 heterocycles. The standard InChI is InChI=1S/C14H17ClFN3O2/c1-8(2)20-7-14(3,17)13-18-12(21-19-13)9-5-4-6-10(16)11(9)15/h4-6,8H,7,17H2,1-3H3. The van der Waals surface area contributed by atoms with Crippen molar-refractivity contribution in [2.24, 2.45) is 5.73 Å². The number of nitrogens with two attached hydrogens (primary N) is 1. The average molecular weight is 314 g/mol. The van der Waals surface area contributed by atoms with Crippen LogP contribution in [0.4, 0.5) is 4.39 Å². The zero-order valence-corrected chi connectivity index (χ0v) is 12.8. The van der Waals surface area contributed by atoms with E-state index >= 15 is 0 Å². The minimum atomic E-state index is -0.911. The van der Waals surface area contributed by atoms with E-state index in [1.54, 1.807) is 13.0 Å². The molecule has 0 saturated heterocycles. The Kier molecular flexibility index (Phi) is 4.61. The van der Waals surface area contributed by atoms with Crippen LogP contribution < -0.4 is 5.73 Å². The molecule has 0 bridgehead atoms. The highest BCUT2D eigenvalue weighted by atomic mass is 35.5. The summed E-state index contributed by atoms with van der Waals surface area (Å²) in [7, 11) is 0. The summed E-state index contributed by atoms with van der Waals surface area (Å²) in [6, 6.07) is 4.37. The molecule has 2 N–H and O–H groups in total. The summed E-state index contributed by atoms with van der Waals surface area (Å²) < 4.78 is 24.1. The van der Waals surface area contributed by atoms with Crippen molar-refractivity contribution in [3.63, 3.8) is 0 Å². The molecule has 1 atom stereocenters. The maximum Gasteiger partial charge on any atom is 0.259 e. The molecule has 5 nitrogen and oxygen atoms in total. The molecule has 114 valence electrons. The summed E-state index contributed by atoms with van der Waals surface area (Å²) >= 11 is 5.90. The van der Waals surface area contributed by atoms with Gasteiger partial charge >= 0.3 is 0 Å². The molecule has 1 aromatic carbocycles. The number of halogens is 2. The van der Waals surface area contributed by atoms with Crippen LogP contribution >= 0.6 is 11.6 Å². The third-order valence-corrected chi connectivity index (χ3v) is 3.22. The number of rotatable bonds is 5. The Bertz CT molecular complexity index is 628. The second kappa shape index (κ2) is 6.09. The van der Waals surface area contributed by atoms with Crippen LogP contribution in [-0.4, -0.2) is 22.9 Å². The van der Waals surface area contributed by atoms with Gasteiger partial charge in [-0.15, -0.1) is 0 Å². The second-order valence-electron chi connectivity index (χ2n) is 5.30. The smallest absolute Gasteiger partial charge is 0.259 e. The van der Waals surface area contributed by atoms with Gasteiger partial charge in [-0.05, 0) is 32.9 Å². The first-order valence-electron chi connectivity index (χ1n) is 6.50. The van der Waals surface area contributed by atoms with Crippen LogP contribution in [0, 0.1) is 5.82 Å². The van der Waals surface area contributed by atoms with E-state index in [0.717, 1.165) is 0 Å². The predicted molar refractivity (Wildman–Crippen MR) is 77.3 cm³/mol. The number of aromatic nitrogens is 2. The van der Waals surface area contributed by atoms with E-state index < -0.39 is 11.4 Å². The maximum atomic E-state index is 13.4. The molecular formula is C14H17ClFN3O2. The fraction of sp³-hybridized carbons (Fsp3) is 0.429. The Hall–Kier alpha value is -1.50. The third-order valence-electron chi connectivity index (χ3n) is 2.84. The van der Waals surface area contributed by atoms with Gasteiger partial charge in [-0.3, -0.25) is 0 Å². The predicted octanol–water partition coefficient (Wildman–Crippen LogP) is 3.13. The molecule has 0 radical (unpaired) electrons. The minimum absolute atomic E-state index is 0.0388. The van der Waals surface area contributed by atoms with Gasteiger partial charge in [-0.2, -0.15) is 4.98 Å². The van der Waals surface area contributed by atoms with Crippen LogP contribution in [0.5, 0.6) is 0 Å². The Balaban J connectivity index is 2.27. The van der Waals surface area contributed by atoms with Gasteiger partial charge in [0.25, 0.3) is 5.89 Å². The summed E-state index contributed by atoms with van der Waals surface area (Å²) in [5.41, 5.74) is 5.55. The summed E-state index contributed by atoms with van der Waals surface area (Å²) in [5, 5.41) is 3.78. The van der Waals surface area contributed by atoms with E-state index in [1.807, 2.05) is 13.8 Å². The zero-order chi connectivity index (χ0) is 15.6. The second-order valence-corrected chi connectivity index (χ2v) is 5.68. The molecular weight excluding hydrogens is 297 g/mol. The van der Waals surface area contributed by atoms with Crippen LogP contribution in [-0.2, 0) is 10.3 Å². The van der Waals surface area contributed by atoms with E-state index in [0.29, 0.717) is 5.56 Å². The van der Waals surface area contributed by atoms with Crippen LogP contribution in [0.2, 0.25) is 5.02 Å². The van der Waals surface area contributed by atoms with Crippen LogP contribution in [0.25, 0.3) is 11.5 Å². The van der Waals surface area contributed by atoms with Crippen molar-refractivity contribution in [1.82, 2.24) is 10.1 Å². The van der Waals surface area contributed by atoms with Gasteiger partial charge in [-0.25, -0.2) is 4.39 Å². The first-order chi connectivity index (χ1) is 9.81. The average Bonchev–Trinajstić information content (AvgIpc) is 2.90. The Morgan fingerprint density at radius 3 is 2.86 bits per heavy atom. The van der Waals surface area contributed by atoms with E-state index in [9.17, 15) is 4.39 Å². The molecule has 0 aliphatic carbocycles. The highest BCUT2D eigenvalue weighted by molar-refractivity contribution is 6.33. The fourth-order valence-electron chi connectivity index (χ4n) is 1.64. The maximum absolute atomic E-state index is 13.4. The van der Waals surface area contributed by atoms with Crippen molar-refractivity contribution in [2.75, 3.05) is 6.61 Å². The molecule has 0 saturated carbocycles. The first kappa shape index (κ1) is 15.9. The number of hydrogen-bond donors (Lipinski definition) is 1. The molecule has 2 rings (SSSR count). The lowest BCUT2D eigenvalue weighted by Gasteiger charge is -2.21. The van der Waals surface area contributed by atoms with Crippen molar-refractivity contribution in [2.45, 2.75) is 32.4 Å². The number of benzene rings is 1. The lowest BCUT2D eigenvalue weighted by molar-refractivity contribution is 0.0410. The highest BCUT2D eigenvalue weighted by Gasteiger charge is 2.29. The summed E-state index contributed by atoms with van der Waals surface area (Å²) in [5.74, 6) is -0.151. The monoisotopic (exact) mass is 313 g/mol. The van der Waals surface area contributed by atoms with E-state index in [4.69, 9.17) is 26.6 Å². The molecule has 0 amide bonds. The highest BCUT2D eigenvalue weighted by Crippen LogP contribution is 2.29. The molecule has 7 heteroatoms. The summed E-state index contributed by atoms with van der Waals surface area (Å²) in [6.45, 7) is 5.78. The van der Waals surface area contributed by atoms with E-state index in [-0.39, 0.29) is 29.4 Å².